The van der Waals surface area contributed by atoms with Crippen LogP contribution in [0.4, 0.5) is 0 Å². The third-order valence-corrected chi connectivity index (χ3v) is 1.06. The molecule has 0 bridgehead atoms. The van der Waals surface area contributed by atoms with E-state index in [0.717, 1.165) is 0 Å². The van der Waals surface area contributed by atoms with Crippen molar-refractivity contribution in [3.63, 3.8) is 0 Å². The first-order chi connectivity index (χ1) is 4.84. The Labute approximate surface area is 95.1 Å². The molecule has 0 amide bonds. The minimum absolute atomic E-state index is 0. The van der Waals surface area contributed by atoms with E-state index in [1.807, 2.05) is 0 Å². The number of ether oxygens (including phenoxy) is 1. The molecule has 6 heteroatoms. The van der Waals surface area contributed by atoms with Crippen molar-refractivity contribution >= 4 is 43.2 Å². The lowest BCUT2D eigenvalue weighted by atomic mass is 10.4. The quantitative estimate of drug-likeness (QED) is 0.713. The van der Waals surface area contributed by atoms with Crippen molar-refractivity contribution < 1.29 is 9.53 Å². The van der Waals surface area contributed by atoms with Crippen LogP contribution in [0.25, 0.3) is 0 Å². The van der Waals surface area contributed by atoms with E-state index in [4.69, 9.17) is 0 Å². The van der Waals surface area contributed by atoms with Crippen LogP contribution < -0.4 is 0 Å². The summed E-state index contributed by atoms with van der Waals surface area (Å²) < 4.78 is 4.43. The molecule has 3 nitrogen and oxygen atoms in total. The van der Waals surface area contributed by atoms with Crippen molar-refractivity contribution in [1.82, 2.24) is 4.98 Å². The molecular weight excluding hydrogens is 236 g/mol. The molecule has 0 aliphatic carbocycles. The zero-order chi connectivity index (χ0) is 7.40. The molecule has 0 aliphatic rings. The first kappa shape index (κ1) is 18.3. The van der Waals surface area contributed by atoms with Crippen molar-refractivity contribution in [2.45, 2.75) is 0 Å². The molecule has 0 saturated carbocycles. The van der Waals surface area contributed by atoms with Gasteiger partial charge in [0.05, 0.1) is 7.11 Å². The highest BCUT2D eigenvalue weighted by atomic mass is 35.5. The van der Waals surface area contributed by atoms with Gasteiger partial charge in [0.25, 0.3) is 0 Å². The molecule has 13 heavy (non-hydrogen) atoms. The maximum absolute atomic E-state index is 10.7. The Kier molecular flexibility index (Phi) is 13.5. The zero-order valence-corrected chi connectivity index (χ0v) is 9.25. The van der Waals surface area contributed by atoms with E-state index >= 15 is 0 Å². The van der Waals surface area contributed by atoms with Gasteiger partial charge >= 0.3 is 5.97 Å². The molecule has 0 radical (unpaired) electrons. The number of pyridine rings is 1. The minimum atomic E-state index is -0.402. The van der Waals surface area contributed by atoms with Crippen molar-refractivity contribution in [3.05, 3.63) is 30.1 Å². The van der Waals surface area contributed by atoms with Crippen molar-refractivity contribution in [3.8, 4) is 0 Å². The molecular formula is C7H10Cl3NO2. The summed E-state index contributed by atoms with van der Waals surface area (Å²) in [6.07, 6.45) is 1.55. The number of esters is 1. The fourth-order valence-electron chi connectivity index (χ4n) is 0.588. The molecule has 0 saturated heterocycles. The number of halogens is 3. The maximum Gasteiger partial charge on any atom is 0.356 e. The van der Waals surface area contributed by atoms with Crippen LogP contribution in [0, 0.1) is 0 Å². The van der Waals surface area contributed by atoms with Gasteiger partial charge in [-0.1, -0.05) is 6.07 Å². The van der Waals surface area contributed by atoms with Crippen molar-refractivity contribution in [1.29, 1.82) is 0 Å². The average molecular weight is 247 g/mol. The number of aromatic nitrogens is 1. The monoisotopic (exact) mass is 245 g/mol. The summed E-state index contributed by atoms with van der Waals surface area (Å²) in [5.74, 6) is -0.402. The van der Waals surface area contributed by atoms with E-state index < -0.39 is 5.97 Å². The Morgan fingerprint density at radius 3 is 2.31 bits per heavy atom. The third-order valence-electron chi connectivity index (χ3n) is 1.06. The van der Waals surface area contributed by atoms with Crippen LogP contribution in [0.5, 0.6) is 0 Å². The highest BCUT2D eigenvalue weighted by molar-refractivity contribution is 5.86. The van der Waals surface area contributed by atoms with Gasteiger partial charge in [-0.15, -0.1) is 37.2 Å². The summed E-state index contributed by atoms with van der Waals surface area (Å²) in [5.41, 5.74) is 0.338. The first-order valence-corrected chi connectivity index (χ1v) is 2.84. The second kappa shape index (κ2) is 9.58. The van der Waals surface area contributed by atoms with Gasteiger partial charge in [0.2, 0.25) is 0 Å². The average Bonchev–Trinajstić information content (AvgIpc) is 2.05. The molecule has 76 valence electrons. The maximum atomic E-state index is 10.7. The van der Waals surface area contributed by atoms with Gasteiger partial charge in [-0.05, 0) is 12.1 Å². The molecule has 1 heterocycles. The normalized spacial score (nSPS) is 6.85. The molecule has 1 aromatic rings. The number of carbonyl (C=O) groups is 1. The van der Waals surface area contributed by atoms with E-state index in [-0.39, 0.29) is 37.2 Å². The molecule has 1 rings (SSSR count). The molecule has 0 aromatic carbocycles. The standard InChI is InChI=1S/C7H7NO2.3ClH/c1-10-7(9)6-4-2-3-5-8-6;;;/h2-5H,1H3;3*1H. The topological polar surface area (TPSA) is 39.2 Å². The molecule has 0 fully saturated rings. The number of carbonyl (C=O) groups excluding carboxylic acids is 1. The number of hydrogen-bond acceptors (Lipinski definition) is 3. The first-order valence-electron chi connectivity index (χ1n) is 2.84. The predicted molar refractivity (Wildman–Crippen MR) is 57.3 cm³/mol. The number of hydrogen-bond donors (Lipinski definition) is 0. The van der Waals surface area contributed by atoms with Crippen LogP contribution in [0.1, 0.15) is 10.5 Å². The van der Waals surface area contributed by atoms with E-state index in [1.54, 1.807) is 24.4 Å². The zero-order valence-electron chi connectivity index (χ0n) is 6.80. The predicted octanol–water partition coefficient (Wildman–Crippen LogP) is 2.13. The lowest BCUT2D eigenvalue weighted by molar-refractivity contribution is 0.0594. The Hall–Kier alpha value is -0.510. The van der Waals surface area contributed by atoms with Gasteiger partial charge in [0.1, 0.15) is 5.69 Å². The van der Waals surface area contributed by atoms with Crippen molar-refractivity contribution in [2.75, 3.05) is 7.11 Å². The molecule has 0 atom stereocenters. The molecule has 1 aromatic heterocycles. The summed E-state index contributed by atoms with van der Waals surface area (Å²) in [6.45, 7) is 0. The summed E-state index contributed by atoms with van der Waals surface area (Å²) >= 11 is 0. The van der Waals surface area contributed by atoms with Gasteiger partial charge < -0.3 is 4.74 Å². The summed E-state index contributed by atoms with van der Waals surface area (Å²) in [5, 5.41) is 0. The summed E-state index contributed by atoms with van der Waals surface area (Å²) in [6, 6.07) is 5.08. The van der Waals surface area contributed by atoms with E-state index in [9.17, 15) is 4.79 Å². The van der Waals surface area contributed by atoms with Gasteiger partial charge in [-0.25, -0.2) is 9.78 Å². The summed E-state index contributed by atoms with van der Waals surface area (Å²) in [4.78, 5) is 14.5. The second-order valence-electron chi connectivity index (χ2n) is 1.71. The highest BCUT2D eigenvalue weighted by Gasteiger charge is 2.02. The largest absolute Gasteiger partial charge is 0.464 e. The summed E-state index contributed by atoms with van der Waals surface area (Å²) in [7, 11) is 1.33. The van der Waals surface area contributed by atoms with Gasteiger partial charge in [-0.3, -0.25) is 0 Å². The second-order valence-corrected chi connectivity index (χ2v) is 1.71. The van der Waals surface area contributed by atoms with Crippen LogP contribution in [0.15, 0.2) is 24.4 Å². The van der Waals surface area contributed by atoms with E-state index in [2.05, 4.69) is 9.72 Å². The van der Waals surface area contributed by atoms with Crippen LogP contribution in [0.3, 0.4) is 0 Å². The van der Waals surface area contributed by atoms with Gasteiger partial charge in [0, 0.05) is 6.20 Å². The highest BCUT2D eigenvalue weighted by Crippen LogP contribution is 1.93. The van der Waals surface area contributed by atoms with Gasteiger partial charge in [-0.2, -0.15) is 0 Å². The Morgan fingerprint density at radius 2 is 1.92 bits per heavy atom. The third kappa shape index (κ3) is 5.69. The van der Waals surface area contributed by atoms with Gasteiger partial charge in [0.15, 0.2) is 0 Å². The Morgan fingerprint density at radius 1 is 1.31 bits per heavy atom. The van der Waals surface area contributed by atoms with E-state index in [0.29, 0.717) is 5.69 Å². The number of nitrogens with zero attached hydrogens (tertiary/aromatic N) is 1. The van der Waals surface area contributed by atoms with Crippen LogP contribution in [-0.2, 0) is 4.74 Å². The Balaban J connectivity index is -0.000000333. The lowest BCUT2D eigenvalue weighted by Crippen LogP contribution is -2.02. The molecule has 0 N–H and O–H groups in total. The number of rotatable bonds is 1. The molecule has 0 spiro atoms. The van der Waals surface area contributed by atoms with E-state index in [1.165, 1.54) is 7.11 Å². The minimum Gasteiger partial charge on any atom is -0.464 e. The molecule has 0 unspecified atom stereocenters. The fourth-order valence-corrected chi connectivity index (χ4v) is 0.588. The smallest absolute Gasteiger partial charge is 0.356 e. The SMILES string of the molecule is COC(=O)c1ccccn1.Cl.Cl.Cl. The Bertz CT molecular complexity index is 230. The number of methoxy groups -OCH3 is 1. The lowest BCUT2D eigenvalue weighted by Gasteiger charge is -1.94. The van der Waals surface area contributed by atoms with Crippen molar-refractivity contribution in [2.24, 2.45) is 0 Å². The van der Waals surface area contributed by atoms with Crippen LogP contribution >= 0.6 is 37.2 Å². The van der Waals surface area contributed by atoms with Crippen LogP contribution in [-0.4, -0.2) is 18.1 Å². The van der Waals surface area contributed by atoms with Crippen LogP contribution in [0.2, 0.25) is 0 Å². The fraction of sp³-hybridized carbons (Fsp3) is 0.143. The molecule has 0 aliphatic heterocycles.